The van der Waals surface area contributed by atoms with E-state index in [-0.39, 0.29) is 0 Å². The molecule has 0 radical (unpaired) electrons. The SMILES string of the molecule is CC1CN(S)CC(C)N1CC#N. The maximum Gasteiger partial charge on any atom is 0.0871 e. The molecule has 2 unspecified atom stereocenters. The lowest BCUT2D eigenvalue weighted by Gasteiger charge is -2.41. The van der Waals surface area contributed by atoms with Crippen LogP contribution in [0.15, 0.2) is 0 Å². The molecule has 1 saturated heterocycles. The second kappa shape index (κ2) is 4.13. The normalized spacial score (nSPS) is 33.2. The van der Waals surface area contributed by atoms with Gasteiger partial charge >= 0.3 is 0 Å². The van der Waals surface area contributed by atoms with Gasteiger partial charge in [0.05, 0.1) is 12.6 Å². The van der Waals surface area contributed by atoms with Gasteiger partial charge in [-0.3, -0.25) is 9.21 Å². The van der Waals surface area contributed by atoms with E-state index in [1.54, 1.807) is 0 Å². The monoisotopic (exact) mass is 185 g/mol. The van der Waals surface area contributed by atoms with Gasteiger partial charge in [-0.15, -0.1) is 0 Å². The van der Waals surface area contributed by atoms with Crippen molar-refractivity contribution in [1.29, 1.82) is 5.26 Å². The van der Waals surface area contributed by atoms with Crippen molar-refractivity contribution >= 4 is 12.8 Å². The minimum absolute atomic E-state index is 0.436. The molecule has 0 amide bonds. The molecule has 0 aromatic rings. The highest BCUT2D eigenvalue weighted by atomic mass is 32.1. The highest BCUT2D eigenvalue weighted by Crippen LogP contribution is 2.15. The Bertz CT molecular complexity index is 177. The number of thiol groups is 1. The molecule has 4 heteroatoms. The van der Waals surface area contributed by atoms with Crippen LogP contribution >= 0.6 is 12.8 Å². The van der Waals surface area contributed by atoms with Gasteiger partial charge in [0.25, 0.3) is 0 Å². The summed E-state index contributed by atoms with van der Waals surface area (Å²) in [5.41, 5.74) is 0. The fraction of sp³-hybridized carbons (Fsp3) is 0.875. The van der Waals surface area contributed by atoms with Crippen LogP contribution in [0.3, 0.4) is 0 Å². The highest BCUT2D eigenvalue weighted by Gasteiger charge is 2.27. The molecule has 1 heterocycles. The lowest BCUT2D eigenvalue weighted by Crippen LogP contribution is -2.54. The molecule has 1 aliphatic heterocycles. The van der Waals surface area contributed by atoms with Crippen molar-refractivity contribution in [2.24, 2.45) is 0 Å². The third kappa shape index (κ3) is 2.13. The van der Waals surface area contributed by atoms with E-state index in [0.717, 1.165) is 13.1 Å². The Balaban J connectivity index is 2.55. The Morgan fingerprint density at radius 3 is 2.33 bits per heavy atom. The van der Waals surface area contributed by atoms with Crippen molar-refractivity contribution in [3.8, 4) is 6.07 Å². The quantitative estimate of drug-likeness (QED) is 0.483. The molecule has 0 aromatic carbocycles. The lowest BCUT2D eigenvalue weighted by molar-refractivity contribution is 0.0974. The van der Waals surface area contributed by atoms with Crippen LogP contribution in [0, 0.1) is 11.3 Å². The van der Waals surface area contributed by atoms with Crippen molar-refractivity contribution in [3.05, 3.63) is 0 Å². The van der Waals surface area contributed by atoms with Gasteiger partial charge in [-0.25, -0.2) is 0 Å². The zero-order valence-electron chi connectivity index (χ0n) is 7.56. The molecule has 0 aromatic heterocycles. The van der Waals surface area contributed by atoms with E-state index in [2.05, 4.69) is 37.6 Å². The Labute approximate surface area is 79.5 Å². The molecule has 12 heavy (non-hydrogen) atoms. The summed E-state index contributed by atoms with van der Waals surface area (Å²) in [5.74, 6) is 0. The minimum Gasteiger partial charge on any atom is -0.283 e. The standard InChI is InChI=1S/C8H15N3S/c1-7-5-10(12)6-8(2)11(7)4-3-9/h7-8,12H,4-6H2,1-2H3. The van der Waals surface area contributed by atoms with Crippen molar-refractivity contribution in [2.75, 3.05) is 19.6 Å². The van der Waals surface area contributed by atoms with Crippen LogP contribution < -0.4 is 0 Å². The van der Waals surface area contributed by atoms with Crippen LogP contribution in [0.25, 0.3) is 0 Å². The minimum atomic E-state index is 0.436. The van der Waals surface area contributed by atoms with Crippen molar-refractivity contribution in [3.63, 3.8) is 0 Å². The van der Waals surface area contributed by atoms with E-state index < -0.39 is 0 Å². The van der Waals surface area contributed by atoms with Gasteiger partial charge in [0.2, 0.25) is 0 Å². The van der Waals surface area contributed by atoms with E-state index in [1.165, 1.54) is 0 Å². The fourth-order valence-electron chi connectivity index (χ4n) is 1.72. The molecular formula is C8H15N3S. The van der Waals surface area contributed by atoms with E-state index in [4.69, 9.17) is 5.26 Å². The van der Waals surface area contributed by atoms with Crippen LogP contribution in [-0.4, -0.2) is 40.9 Å². The largest absolute Gasteiger partial charge is 0.283 e. The first kappa shape index (κ1) is 9.85. The molecule has 0 saturated carbocycles. The number of nitriles is 1. The number of rotatable bonds is 1. The molecule has 0 N–H and O–H groups in total. The first-order chi connectivity index (χ1) is 5.65. The zero-order valence-corrected chi connectivity index (χ0v) is 8.46. The Kier molecular flexibility index (Phi) is 3.39. The summed E-state index contributed by atoms with van der Waals surface area (Å²) in [7, 11) is 0. The molecule has 1 aliphatic rings. The van der Waals surface area contributed by atoms with E-state index >= 15 is 0 Å². The van der Waals surface area contributed by atoms with Gasteiger partial charge < -0.3 is 0 Å². The van der Waals surface area contributed by atoms with Gasteiger partial charge in [-0.1, -0.05) is 12.8 Å². The molecule has 1 rings (SSSR count). The lowest BCUT2D eigenvalue weighted by atomic mass is 10.1. The predicted molar refractivity (Wildman–Crippen MR) is 51.8 cm³/mol. The summed E-state index contributed by atoms with van der Waals surface area (Å²) in [5, 5.41) is 8.60. The van der Waals surface area contributed by atoms with Gasteiger partial charge in [0.15, 0.2) is 0 Å². The number of piperazine rings is 1. The summed E-state index contributed by atoms with van der Waals surface area (Å²) in [4.78, 5) is 2.22. The van der Waals surface area contributed by atoms with E-state index in [9.17, 15) is 0 Å². The first-order valence-electron chi connectivity index (χ1n) is 4.21. The third-order valence-corrected chi connectivity index (χ3v) is 2.66. The Morgan fingerprint density at radius 1 is 1.42 bits per heavy atom. The second-order valence-corrected chi connectivity index (χ2v) is 3.97. The third-order valence-electron chi connectivity index (χ3n) is 2.34. The van der Waals surface area contributed by atoms with Crippen molar-refractivity contribution in [2.45, 2.75) is 25.9 Å². The van der Waals surface area contributed by atoms with Crippen LogP contribution in [0.5, 0.6) is 0 Å². The van der Waals surface area contributed by atoms with E-state index in [1.807, 2.05) is 4.31 Å². The topological polar surface area (TPSA) is 30.3 Å². The highest BCUT2D eigenvalue weighted by molar-refractivity contribution is 7.77. The van der Waals surface area contributed by atoms with Crippen molar-refractivity contribution in [1.82, 2.24) is 9.21 Å². The van der Waals surface area contributed by atoms with Gasteiger partial charge in [0, 0.05) is 25.2 Å². The summed E-state index contributed by atoms with van der Waals surface area (Å²) in [6.45, 7) is 6.68. The maximum atomic E-state index is 8.60. The average molecular weight is 185 g/mol. The van der Waals surface area contributed by atoms with Gasteiger partial charge in [0.1, 0.15) is 0 Å². The van der Waals surface area contributed by atoms with Crippen LogP contribution in [0.1, 0.15) is 13.8 Å². The molecular weight excluding hydrogens is 170 g/mol. The summed E-state index contributed by atoms with van der Waals surface area (Å²) in [6.07, 6.45) is 0. The molecule has 0 aliphatic carbocycles. The molecule has 3 nitrogen and oxygen atoms in total. The summed E-state index contributed by atoms with van der Waals surface area (Å²) >= 11 is 4.31. The van der Waals surface area contributed by atoms with E-state index in [0.29, 0.717) is 18.6 Å². The zero-order chi connectivity index (χ0) is 9.14. The number of hydrogen-bond donors (Lipinski definition) is 1. The molecule has 1 fully saturated rings. The van der Waals surface area contributed by atoms with Gasteiger partial charge in [-0.05, 0) is 13.8 Å². The van der Waals surface area contributed by atoms with Gasteiger partial charge in [-0.2, -0.15) is 5.26 Å². The van der Waals surface area contributed by atoms with Crippen LogP contribution in [-0.2, 0) is 0 Å². The summed E-state index contributed by atoms with van der Waals surface area (Å²) < 4.78 is 2.02. The van der Waals surface area contributed by atoms with Crippen LogP contribution in [0.2, 0.25) is 0 Å². The predicted octanol–water partition coefficient (Wildman–Crippen LogP) is 0.749. The van der Waals surface area contributed by atoms with Crippen LogP contribution in [0.4, 0.5) is 0 Å². The maximum absolute atomic E-state index is 8.60. The Morgan fingerprint density at radius 2 is 1.92 bits per heavy atom. The molecule has 68 valence electrons. The van der Waals surface area contributed by atoms with Crippen molar-refractivity contribution < 1.29 is 0 Å². The molecule has 2 atom stereocenters. The number of nitrogens with zero attached hydrogens (tertiary/aromatic N) is 3. The smallest absolute Gasteiger partial charge is 0.0871 e. The molecule has 0 spiro atoms. The first-order valence-corrected chi connectivity index (χ1v) is 4.61. The second-order valence-electron chi connectivity index (χ2n) is 3.40. The summed E-state index contributed by atoms with van der Waals surface area (Å²) in [6, 6.07) is 3.07. The average Bonchev–Trinajstić information content (AvgIpc) is 1.96. The Hall–Kier alpha value is -0.240. The number of hydrogen-bond acceptors (Lipinski definition) is 4. The molecule has 0 bridgehead atoms. The fourth-order valence-corrected chi connectivity index (χ4v) is 2.19.